The summed E-state index contributed by atoms with van der Waals surface area (Å²) in [5.74, 6) is -0.167. The van der Waals surface area contributed by atoms with Gasteiger partial charge in [0.2, 0.25) is 0 Å². The van der Waals surface area contributed by atoms with Crippen molar-refractivity contribution in [2.24, 2.45) is 0 Å². The summed E-state index contributed by atoms with van der Waals surface area (Å²) in [5.41, 5.74) is 6.42. The molecule has 2 fully saturated rings. The molecule has 0 radical (unpaired) electrons. The van der Waals surface area contributed by atoms with Gasteiger partial charge in [0, 0.05) is 56.9 Å². The monoisotopic (exact) mass is 678 g/mol. The largest absolute Gasteiger partial charge is 0.436 e. The molecule has 1 N–H and O–H groups in total. The highest BCUT2D eigenvalue weighted by atomic mass is 16.6. The first-order valence-electron chi connectivity index (χ1n) is 17.7. The minimum Gasteiger partial charge on any atom is -0.436 e. The topological polar surface area (TPSA) is 116 Å². The van der Waals surface area contributed by atoms with Gasteiger partial charge < -0.3 is 29.7 Å². The Labute approximate surface area is 292 Å². The molecular formula is C38H46N8O4. The fourth-order valence-electron chi connectivity index (χ4n) is 7.55. The minimum absolute atomic E-state index is 0.0163. The molecule has 7 rings (SSSR count). The Bertz CT molecular complexity index is 1860. The lowest BCUT2D eigenvalue weighted by Crippen LogP contribution is -2.52. The lowest BCUT2D eigenvalue weighted by molar-refractivity contribution is -0.142. The van der Waals surface area contributed by atoms with Crippen molar-refractivity contribution in [3.05, 3.63) is 83.4 Å². The van der Waals surface area contributed by atoms with Crippen LogP contribution in [0.5, 0.6) is 0 Å². The van der Waals surface area contributed by atoms with Gasteiger partial charge in [-0.15, -0.1) is 5.10 Å². The van der Waals surface area contributed by atoms with E-state index in [0.717, 1.165) is 58.4 Å². The highest BCUT2D eigenvalue weighted by Crippen LogP contribution is 2.26. The van der Waals surface area contributed by atoms with Gasteiger partial charge in [-0.2, -0.15) is 0 Å². The third-order valence-corrected chi connectivity index (χ3v) is 10.6. The van der Waals surface area contributed by atoms with Crippen molar-refractivity contribution in [1.29, 1.82) is 0 Å². The summed E-state index contributed by atoms with van der Waals surface area (Å²) < 4.78 is 7.95. The molecule has 50 heavy (non-hydrogen) atoms. The van der Waals surface area contributed by atoms with Crippen LogP contribution in [-0.2, 0) is 22.4 Å². The number of likely N-dealkylation sites (tertiary alicyclic amines) is 2. The van der Waals surface area contributed by atoms with Gasteiger partial charge in [0.25, 0.3) is 5.91 Å². The average molecular weight is 679 g/mol. The minimum atomic E-state index is -0.978. The van der Waals surface area contributed by atoms with Crippen LogP contribution >= 0.6 is 0 Å². The number of amides is 4. The number of aryl methyl sites for hydroxylation is 1. The second-order valence-corrected chi connectivity index (χ2v) is 14.0. The number of aromatic nitrogens is 3. The maximum absolute atomic E-state index is 14.1. The number of urea groups is 1. The van der Waals surface area contributed by atoms with E-state index in [9.17, 15) is 14.4 Å². The van der Waals surface area contributed by atoms with Crippen LogP contribution in [0, 0.1) is 6.92 Å². The molecule has 2 saturated heterocycles. The molecule has 12 heteroatoms. The van der Waals surface area contributed by atoms with Crippen LogP contribution in [0.1, 0.15) is 42.4 Å². The first-order chi connectivity index (χ1) is 24.2. The van der Waals surface area contributed by atoms with E-state index in [1.165, 1.54) is 0 Å². The summed E-state index contributed by atoms with van der Waals surface area (Å²) in [4.78, 5) is 48.6. The van der Waals surface area contributed by atoms with Gasteiger partial charge in [-0.05, 0) is 94.1 Å². The molecule has 0 spiro atoms. The van der Waals surface area contributed by atoms with Gasteiger partial charge in [-0.1, -0.05) is 47.7 Å². The Hall–Kier alpha value is -4.97. The molecule has 262 valence electrons. The number of carbonyl (C=O) groups is 3. The highest BCUT2D eigenvalue weighted by molar-refractivity contribution is 5.91. The molecule has 1 aromatic heterocycles. The third kappa shape index (κ3) is 7.02. The fourth-order valence-corrected chi connectivity index (χ4v) is 7.55. The number of ether oxygens (including phenoxy) is 1. The number of rotatable bonds is 7. The Morgan fingerprint density at radius 3 is 2.42 bits per heavy atom. The molecule has 12 nitrogen and oxygen atoms in total. The van der Waals surface area contributed by atoms with E-state index >= 15 is 0 Å². The van der Waals surface area contributed by atoms with Gasteiger partial charge in [0.15, 0.2) is 6.10 Å². The Balaban J connectivity index is 1.05. The van der Waals surface area contributed by atoms with Crippen molar-refractivity contribution in [2.45, 2.75) is 63.6 Å². The molecule has 0 aliphatic carbocycles. The maximum Gasteiger partial charge on any atom is 0.410 e. The fraction of sp³-hybridized carbons (Fsp3) is 0.447. The van der Waals surface area contributed by atoms with Gasteiger partial charge in [0.1, 0.15) is 5.52 Å². The number of anilines is 1. The first kappa shape index (κ1) is 33.5. The molecule has 0 bridgehead atoms. The predicted molar refractivity (Wildman–Crippen MR) is 191 cm³/mol. The van der Waals surface area contributed by atoms with E-state index in [1.54, 1.807) is 4.90 Å². The first-order valence-corrected chi connectivity index (χ1v) is 17.7. The Kier molecular flexibility index (Phi) is 9.71. The summed E-state index contributed by atoms with van der Waals surface area (Å²) in [6, 6.07) is 22.0. The number of carbonyl (C=O) groups excluding carboxylic acids is 3. The van der Waals surface area contributed by atoms with Crippen molar-refractivity contribution >= 4 is 34.8 Å². The van der Waals surface area contributed by atoms with E-state index in [1.807, 2.05) is 88.1 Å². The number of nitrogens with one attached hydrogen (secondary N) is 1. The molecule has 1 atom stereocenters. The number of fused-ring (bicyclic) bond motifs is 2. The Morgan fingerprint density at radius 1 is 0.920 bits per heavy atom. The zero-order valence-corrected chi connectivity index (χ0v) is 29.1. The summed E-state index contributed by atoms with van der Waals surface area (Å²) in [6.45, 7) is 4.78. The molecule has 3 aliphatic heterocycles. The van der Waals surface area contributed by atoms with E-state index < -0.39 is 12.2 Å². The van der Waals surface area contributed by atoms with Gasteiger partial charge in [0.05, 0.1) is 11.2 Å². The SMILES string of the molecule is Cc1ccc(C[C@@H](OC(=O)N2CCC(N3CCc4ccccc4NC3=O)CC2)C(=O)N2CCC(N(C)C)CC2)cc1-n1nnc2ccccc21. The highest BCUT2D eigenvalue weighted by Gasteiger charge is 2.36. The quantitative estimate of drug-likeness (QED) is 0.296. The molecule has 0 saturated carbocycles. The molecular weight excluding hydrogens is 632 g/mol. The van der Waals surface area contributed by atoms with Crippen molar-refractivity contribution in [3.8, 4) is 5.69 Å². The summed E-state index contributed by atoms with van der Waals surface area (Å²) in [6.07, 6.45) is 2.57. The van der Waals surface area contributed by atoms with Gasteiger partial charge in [-0.3, -0.25) is 4.79 Å². The average Bonchev–Trinajstić information content (AvgIpc) is 3.48. The zero-order chi connectivity index (χ0) is 34.8. The lowest BCUT2D eigenvalue weighted by atomic mass is 10.0. The second-order valence-electron chi connectivity index (χ2n) is 14.0. The summed E-state index contributed by atoms with van der Waals surface area (Å²) >= 11 is 0. The number of benzene rings is 3. The standard InChI is InChI=1S/C38H46N8O4/c1-26-12-13-27(24-34(26)46-33-11-7-6-10-32(33)40-41-46)25-35(36(47)43-19-15-29(16-20-43)42(2)3)50-38(49)44-21-17-30(18-22-44)45-23-14-28-8-4-5-9-31(28)39-37(45)48/h4-13,24,29-30,35H,14-23,25H2,1-3H3,(H,39,48)/t35-/m1/s1. The van der Waals surface area contributed by atoms with Crippen LogP contribution in [-0.4, -0.2) is 118 Å². The van der Waals surface area contributed by atoms with Gasteiger partial charge >= 0.3 is 12.1 Å². The van der Waals surface area contributed by atoms with Crippen LogP contribution in [0.3, 0.4) is 0 Å². The maximum atomic E-state index is 14.1. The second kappa shape index (κ2) is 14.5. The van der Waals surface area contributed by atoms with Crippen molar-refractivity contribution in [1.82, 2.24) is 34.6 Å². The van der Waals surface area contributed by atoms with E-state index in [-0.39, 0.29) is 24.4 Å². The summed E-state index contributed by atoms with van der Waals surface area (Å²) in [7, 11) is 4.14. The van der Waals surface area contributed by atoms with E-state index in [0.29, 0.717) is 51.6 Å². The number of nitrogens with zero attached hydrogens (tertiary/aromatic N) is 7. The van der Waals surface area contributed by atoms with Crippen molar-refractivity contribution in [2.75, 3.05) is 52.1 Å². The van der Waals surface area contributed by atoms with E-state index in [4.69, 9.17) is 4.74 Å². The van der Waals surface area contributed by atoms with Crippen LogP contribution < -0.4 is 5.32 Å². The lowest BCUT2D eigenvalue weighted by Gasteiger charge is -2.38. The van der Waals surface area contributed by atoms with Crippen molar-refractivity contribution < 1.29 is 19.1 Å². The molecule has 4 amide bonds. The smallest absolute Gasteiger partial charge is 0.410 e. The number of hydrogen-bond donors (Lipinski definition) is 1. The third-order valence-electron chi connectivity index (χ3n) is 10.6. The van der Waals surface area contributed by atoms with Gasteiger partial charge in [-0.25, -0.2) is 14.3 Å². The Morgan fingerprint density at radius 2 is 1.64 bits per heavy atom. The summed E-state index contributed by atoms with van der Waals surface area (Å²) in [5, 5.41) is 11.8. The number of hydrogen-bond acceptors (Lipinski definition) is 7. The van der Waals surface area contributed by atoms with E-state index in [2.05, 4.69) is 34.6 Å². The normalized spacial score (nSPS) is 18.2. The van der Waals surface area contributed by atoms with Crippen molar-refractivity contribution in [3.63, 3.8) is 0 Å². The van der Waals surface area contributed by atoms with Crippen LogP contribution in [0.25, 0.3) is 16.7 Å². The molecule has 4 heterocycles. The molecule has 0 unspecified atom stereocenters. The number of para-hydroxylation sites is 2. The molecule has 4 aromatic rings. The molecule has 3 aliphatic rings. The van der Waals surface area contributed by atoms with Crippen LogP contribution in [0.4, 0.5) is 15.3 Å². The predicted octanol–water partition coefficient (Wildman–Crippen LogP) is 4.88. The van der Waals surface area contributed by atoms with Crippen LogP contribution in [0.15, 0.2) is 66.7 Å². The molecule has 3 aromatic carbocycles. The zero-order valence-electron chi connectivity index (χ0n) is 29.1. The number of piperidine rings is 2. The van der Waals surface area contributed by atoms with Crippen LogP contribution in [0.2, 0.25) is 0 Å².